The Kier molecular flexibility index (Phi) is 6.84. The van der Waals surface area contributed by atoms with Crippen LogP contribution in [0.5, 0.6) is 0 Å². The minimum absolute atomic E-state index is 0.117. The van der Waals surface area contributed by atoms with Gasteiger partial charge in [-0.2, -0.15) is 0 Å². The van der Waals surface area contributed by atoms with E-state index in [0.717, 1.165) is 11.1 Å². The van der Waals surface area contributed by atoms with Crippen LogP contribution in [0.25, 0.3) is 0 Å². The van der Waals surface area contributed by atoms with Crippen LogP contribution in [0.1, 0.15) is 21.5 Å². The van der Waals surface area contributed by atoms with Crippen molar-refractivity contribution >= 4 is 34.4 Å². The number of urea groups is 1. The largest absolute Gasteiger partial charge is 0.452 e. The van der Waals surface area contributed by atoms with Crippen LogP contribution in [0.15, 0.2) is 47.4 Å². The zero-order chi connectivity index (χ0) is 20.0. The lowest BCUT2D eigenvalue weighted by Crippen LogP contribution is -2.37. The molecule has 0 saturated carbocycles. The van der Waals surface area contributed by atoms with Gasteiger partial charge in [-0.1, -0.05) is 29.8 Å². The molecule has 1 atom stereocenters. The molecule has 3 amide bonds. The number of ether oxygens (including phenoxy) is 1. The van der Waals surface area contributed by atoms with E-state index in [9.17, 15) is 18.6 Å². The predicted octanol–water partition coefficient (Wildman–Crippen LogP) is 2.55. The summed E-state index contributed by atoms with van der Waals surface area (Å²) in [6.07, 6.45) is 1.44. The first-order chi connectivity index (χ1) is 12.8. The van der Waals surface area contributed by atoms with Crippen molar-refractivity contribution in [3.63, 3.8) is 0 Å². The second-order valence-electron chi connectivity index (χ2n) is 5.85. The Morgan fingerprint density at radius 1 is 1.07 bits per heavy atom. The van der Waals surface area contributed by atoms with Crippen LogP contribution in [-0.2, 0) is 20.3 Å². The van der Waals surface area contributed by atoms with Crippen molar-refractivity contribution < 1.29 is 23.3 Å². The molecule has 0 aliphatic rings. The first-order valence-electron chi connectivity index (χ1n) is 8.05. The van der Waals surface area contributed by atoms with Gasteiger partial charge in [0.2, 0.25) is 0 Å². The normalized spacial score (nSPS) is 11.4. The smallest absolute Gasteiger partial charge is 0.339 e. The molecule has 0 saturated heterocycles. The first-order valence-corrected chi connectivity index (χ1v) is 9.61. The van der Waals surface area contributed by atoms with Gasteiger partial charge in [0.15, 0.2) is 6.61 Å². The van der Waals surface area contributed by atoms with Crippen molar-refractivity contribution in [1.29, 1.82) is 0 Å². The molecule has 142 valence electrons. The Bertz CT molecular complexity index is 911. The summed E-state index contributed by atoms with van der Waals surface area (Å²) in [5, 5.41) is 4.65. The second kappa shape index (κ2) is 9.09. The highest BCUT2D eigenvalue weighted by molar-refractivity contribution is 7.84. The molecule has 0 aliphatic heterocycles. The van der Waals surface area contributed by atoms with E-state index < -0.39 is 35.3 Å². The third kappa shape index (κ3) is 5.75. The number of anilines is 1. The van der Waals surface area contributed by atoms with E-state index in [1.807, 2.05) is 26.0 Å². The van der Waals surface area contributed by atoms with Crippen LogP contribution in [0.3, 0.4) is 0 Å². The zero-order valence-corrected chi connectivity index (χ0v) is 16.0. The molecule has 8 heteroatoms. The van der Waals surface area contributed by atoms with Crippen molar-refractivity contribution in [2.45, 2.75) is 18.7 Å². The quantitative estimate of drug-likeness (QED) is 0.767. The molecule has 27 heavy (non-hydrogen) atoms. The number of imide groups is 1. The zero-order valence-electron chi connectivity index (χ0n) is 15.2. The lowest BCUT2D eigenvalue weighted by Gasteiger charge is -2.10. The van der Waals surface area contributed by atoms with Crippen molar-refractivity contribution in [2.75, 3.05) is 18.2 Å². The monoisotopic (exact) mass is 388 g/mol. The molecule has 0 aromatic heterocycles. The molecule has 2 rings (SSSR count). The molecule has 0 spiro atoms. The van der Waals surface area contributed by atoms with Gasteiger partial charge < -0.3 is 10.1 Å². The molecule has 0 unspecified atom stereocenters. The van der Waals surface area contributed by atoms with Crippen LogP contribution in [0.4, 0.5) is 10.5 Å². The molecule has 7 nitrogen and oxygen atoms in total. The summed E-state index contributed by atoms with van der Waals surface area (Å²) in [6, 6.07) is 11.0. The number of benzene rings is 2. The molecule has 2 aromatic carbocycles. The third-order valence-electron chi connectivity index (χ3n) is 3.63. The first kappa shape index (κ1) is 20.3. The molecule has 0 aliphatic carbocycles. The summed E-state index contributed by atoms with van der Waals surface area (Å²) in [4.78, 5) is 36.1. The van der Waals surface area contributed by atoms with Crippen molar-refractivity contribution in [3.05, 3.63) is 59.2 Å². The Morgan fingerprint density at radius 3 is 2.44 bits per heavy atom. The van der Waals surface area contributed by atoms with Gasteiger partial charge in [0.25, 0.3) is 5.91 Å². The fourth-order valence-electron chi connectivity index (χ4n) is 2.36. The molecule has 0 radical (unpaired) electrons. The summed E-state index contributed by atoms with van der Waals surface area (Å²) in [7, 11) is -1.38. The fraction of sp³-hybridized carbons (Fsp3) is 0.211. The standard InChI is InChI=1S/C19H20N2O5S/c1-12-8-9-15(13(2)10-12)20-19(24)21-17(22)11-26-18(23)14-6-4-5-7-16(14)27(3)25/h4-10H,11H2,1-3H3,(H2,20,21,22,24)/t27-/m1/s1. The van der Waals surface area contributed by atoms with E-state index in [1.165, 1.54) is 12.3 Å². The number of aryl methyl sites for hydroxylation is 2. The number of nitrogens with one attached hydrogen (secondary N) is 2. The van der Waals surface area contributed by atoms with Gasteiger partial charge in [-0.3, -0.25) is 14.3 Å². The molecule has 2 N–H and O–H groups in total. The van der Waals surface area contributed by atoms with E-state index >= 15 is 0 Å². The van der Waals surface area contributed by atoms with Crippen molar-refractivity contribution in [1.82, 2.24) is 5.32 Å². The predicted molar refractivity (Wildman–Crippen MR) is 102 cm³/mol. The van der Waals surface area contributed by atoms with Gasteiger partial charge in [0, 0.05) is 11.9 Å². The number of carbonyl (C=O) groups excluding carboxylic acids is 3. The summed E-state index contributed by atoms with van der Waals surface area (Å²) >= 11 is 0. The number of rotatable bonds is 5. The van der Waals surface area contributed by atoms with Gasteiger partial charge >= 0.3 is 12.0 Å². The Hall–Kier alpha value is -3.00. The average Bonchev–Trinajstić information content (AvgIpc) is 2.62. The maximum absolute atomic E-state index is 12.1. The van der Waals surface area contributed by atoms with E-state index in [1.54, 1.807) is 24.3 Å². The summed E-state index contributed by atoms with van der Waals surface area (Å²) < 4.78 is 16.6. The average molecular weight is 388 g/mol. The molecule has 0 bridgehead atoms. The van der Waals surface area contributed by atoms with Gasteiger partial charge in [0.1, 0.15) is 0 Å². The maximum Gasteiger partial charge on any atom is 0.339 e. The Balaban J connectivity index is 1.89. The van der Waals surface area contributed by atoms with E-state index in [0.29, 0.717) is 10.6 Å². The van der Waals surface area contributed by atoms with Gasteiger partial charge in [-0.25, -0.2) is 9.59 Å². The number of amides is 3. The van der Waals surface area contributed by atoms with Gasteiger partial charge in [-0.15, -0.1) is 0 Å². The number of carbonyl (C=O) groups is 3. The summed E-state index contributed by atoms with van der Waals surface area (Å²) in [5.74, 6) is -1.56. The van der Waals surface area contributed by atoms with E-state index in [2.05, 4.69) is 10.6 Å². The topological polar surface area (TPSA) is 102 Å². The van der Waals surface area contributed by atoms with Gasteiger partial charge in [-0.05, 0) is 37.6 Å². The van der Waals surface area contributed by atoms with Crippen molar-refractivity contribution in [3.8, 4) is 0 Å². The van der Waals surface area contributed by atoms with E-state index in [-0.39, 0.29) is 5.56 Å². The highest BCUT2D eigenvalue weighted by Gasteiger charge is 2.17. The molecule has 2 aromatic rings. The highest BCUT2D eigenvalue weighted by atomic mass is 32.2. The van der Waals surface area contributed by atoms with Crippen LogP contribution in [0, 0.1) is 13.8 Å². The SMILES string of the molecule is Cc1ccc(NC(=O)NC(=O)COC(=O)c2ccccc2[S@@](C)=O)c(C)c1. The second-order valence-corrected chi connectivity index (χ2v) is 7.20. The van der Waals surface area contributed by atoms with Crippen LogP contribution in [0.2, 0.25) is 0 Å². The minimum Gasteiger partial charge on any atom is -0.452 e. The number of hydrogen-bond donors (Lipinski definition) is 2. The maximum atomic E-state index is 12.1. The van der Waals surface area contributed by atoms with Crippen LogP contribution < -0.4 is 10.6 Å². The summed E-state index contributed by atoms with van der Waals surface area (Å²) in [5.41, 5.74) is 2.59. The highest BCUT2D eigenvalue weighted by Crippen LogP contribution is 2.16. The Labute approximate surface area is 159 Å². The molecule has 0 heterocycles. The van der Waals surface area contributed by atoms with Crippen LogP contribution in [-0.4, -0.2) is 35.0 Å². The number of hydrogen-bond acceptors (Lipinski definition) is 5. The Morgan fingerprint density at radius 2 is 1.78 bits per heavy atom. The lowest BCUT2D eigenvalue weighted by molar-refractivity contribution is -0.123. The van der Waals surface area contributed by atoms with Gasteiger partial charge in [0.05, 0.1) is 21.3 Å². The van der Waals surface area contributed by atoms with E-state index in [4.69, 9.17) is 4.74 Å². The van der Waals surface area contributed by atoms with Crippen LogP contribution >= 0.6 is 0 Å². The number of esters is 1. The fourth-order valence-corrected chi connectivity index (χ4v) is 3.10. The van der Waals surface area contributed by atoms with Crippen molar-refractivity contribution in [2.24, 2.45) is 0 Å². The molecular weight excluding hydrogens is 368 g/mol. The molecular formula is C19H20N2O5S. The summed E-state index contributed by atoms with van der Waals surface area (Å²) in [6.45, 7) is 3.13. The molecule has 0 fully saturated rings. The third-order valence-corrected chi connectivity index (χ3v) is 4.61. The lowest BCUT2D eigenvalue weighted by atomic mass is 10.1. The minimum atomic E-state index is -1.38.